The van der Waals surface area contributed by atoms with Crippen LogP contribution in [0.15, 0.2) is 12.1 Å². The maximum atomic E-state index is 12.3. The lowest BCUT2D eigenvalue weighted by molar-refractivity contribution is -0.154. The second-order valence-corrected chi connectivity index (χ2v) is 5.19. The van der Waals surface area contributed by atoms with E-state index in [0.717, 1.165) is 32.1 Å². The zero-order valence-electron chi connectivity index (χ0n) is 11.4. The highest BCUT2D eigenvalue weighted by atomic mass is 19.4. The highest BCUT2D eigenvalue weighted by molar-refractivity contribution is 5.90. The summed E-state index contributed by atoms with van der Waals surface area (Å²) < 4.78 is 41.8. The molecule has 1 aromatic rings. The molecule has 1 aromatic heterocycles. The van der Waals surface area contributed by atoms with Crippen molar-refractivity contribution in [1.82, 2.24) is 4.98 Å². The first-order valence-corrected chi connectivity index (χ1v) is 6.87. The van der Waals surface area contributed by atoms with Crippen LogP contribution in [0, 0.1) is 0 Å². The molecule has 1 amide bonds. The van der Waals surface area contributed by atoms with Crippen molar-refractivity contribution in [3.05, 3.63) is 23.4 Å². The largest absolute Gasteiger partial charge is 0.468 e. The van der Waals surface area contributed by atoms with Crippen LogP contribution in [0.25, 0.3) is 0 Å². The smallest absolute Gasteiger partial charge is 0.422 e. The maximum Gasteiger partial charge on any atom is 0.422 e. The second kappa shape index (κ2) is 6.32. The van der Waals surface area contributed by atoms with Gasteiger partial charge in [-0.15, -0.1) is 0 Å². The van der Waals surface area contributed by atoms with Crippen molar-refractivity contribution in [2.75, 3.05) is 6.61 Å². The summed E-state index contributed by atoms with van der Waals surface area (Å²) in [5, 5.41) is 0. The van der Waals surface area contributed by atoms with Crippen LogP contribution >= 0.6 is 0 Å². The molecular weight excluding hydrogens is 285 g/mol. The average molecular weight is 302 g/mol. The fourth-order valence-electron chi connectivity index (χ4n) is 2.58. The van der Waals surface area contributed by atoms with E-state index >= 15 is 0 Å². The van der Waals surface area contributed by atoms with Crippen molar-refractivity contribution in [1.29, 1.82) is 0 Å². The summed E-state index contributed by atoms with van der Waals surface area (Å²) in [5.41, 5.74) is 5.65. The van der Waals surface area contributed by atoms with E-state index in [4.69, 9.17) is 10.5 Å². The van der Waals surface area contributed by atoms with Gasteiger partial charge in [-0.25, -0.2) is 4.98 Å². The summed E-state index contributed by atoms with van der Waals surface area (Å²) in [6, 6.07) is 3.04. The van der Waals surface area contributed by atoms with Gasteiger partial charge in [0.05, 0.1) is 0 Å². The summed E-state index contributed by atoms with van der Waals surface area (Å²) in [6.07, 6.45) is 0.512. The van der Waals surface area contributed by atoms with Crippen molar-refractivity contribution in [2.45, 2.75) is 44.2 Å². The fourth-order valence-corrected chi connectivity index (χ4v) is 2.58. The molecule has 4 nitrogen and oxygen atoms in total. The normalized spacial score (nSPS) is 16.7. The predicted molar refractivity (Wildman–Crippen MR) is 70.1 cm³/mol. The number of amides is 1. The number of halogens is 3. The van der Waals surface area contributed by atoms with Crippen molar-refractivity contribution in [2.24, 2.45) is 5.73 Å². The van der Waals surface area contributed by atoms with Crippen LogP contribution in [0.1, 0.15) is 54.1 Å². The maximum absolute atomic E-state index is 12.3. The molecule has 1 fully saturated rings. The van der Waals surface area contributed by atoms with Gasteiger partial charge in [0, 0.05) is 5.56 Å². The number of aromatic nitrogens is 1. The van der Waals surface area contributed by atoms with Gasteiger partial charge in [0.15, 0.2) is 6.61 Å². The van der Waals surface area contributed by atoms with Crippen LogP contribution in [0.3, 0.4) is 0 Å². The van der Waals surface area contributed by atoms with Gasteiger partial charge in [-0.3, -0.25) is 4.79 Å². The van der Waals surface area contributed by atoms with Gasteiger partial charge in [0.2, 0.25) is 5.88 Å². The molecule has 21 heavy (non-hydrogen) atoms. The Morgan fingerprint density at radius 3 is 2.52 bits per heavy atom. The summed E-state index contributed by atoms with van der Waals surface area (Å²) in [7, 11) is 0. The monoisotopic (exact) mass is 302 g/mol. The molecule has 0 aromatic carbocycles. The number of carbonyl (C=O) groups excluding carboxylic acids is 1. The van der Waals surface area contributed by atoms with E-state index in [1.807, 2.05) is 0 Å². The third-order valence-corrected chi connectivity index (χ3v) is 3.56. The zero-order valence-corrected chi connectivity index (χ0v) is 11.4. The molecule has 7 heteroatoms. The van der Waals surface area contributed by atoms with E-state index in [1.165, 1.54) is 6.07 Å². The molecule has 0 bridgehead atoms. The Morgan fingerprint density at radius 2 is 1.95 bits per heavy atom. The Hall–Kier alpha value is -1.79. The lowest BCUT2D eigenvalue weighted by atomic mass is 9.84. The number of ether oxygens (including phenoxy) is 1. The molecule has 1 aliphatic carbocycles. The minimum atomic E-state index is -4.45. The van der Waals surface area contributed by atoms with Crippen LogP contribution in [0.2, 0.25) is 0 Å². The van der Waals surface area contributed by atoms with E-state index in [2.05, 4.69) is 4.98 Å². The number of pyridine rings is 1. The molecule has 0 spiro atoms. The Morgan fingerprint density at radius 1 is 1.29 bits per heavy atom. The molecule has 2 N–H and O–H groups in total. The Balaban J connectivity index is 2.26. The average Bonchev–Trinajstić information content (AvgIpc) is 2.45. The van der Waals surface area contributed by atoms with E-state index in [-0.39, 0.29) is 17.5 Å². The van der Waals surface area contributed by atoms with Gasteiger partial charge in [-0.05, 0) is 24.8 Å². The summed E-state index contributed by atoms with van der Waals surface area (Å²) >= 11 is 0. The summed E-state index contributed by atoms with van der Waals surface area (Å²) in [5.74, 6) is -0.797. The number of alkyl halides is 3. The molecular formula is C14H17F3N2O2. The first kappa shape index (κ1) is 15.6. The van der Waals surface area contributed by atoms with Crippen molar-refractivity contribution >= 4 is 5.91 Å². The van der Waals surface area contributed by atoms with Gasteiger partial charge >= 0.3 is 6.18 Å². The Labute approximate surface area is 120 Å². The molecule has 116 valence electrons. The summed E-state index contributed by atoms with van der Waals surface area (Å²) in [4.78, 5) is 15.0. The predicted octanol–water partition coefficient (Wildman–Crippen LogP) is 3.17. The number of hydrogen-bond donors (Lipinski definition) is 1. The van der Waals surface area contributed by atoms with E-state index in [0.29, 0.717) is 5.56 Å². The standard InChI is InChI=1S/C14H17F3N2O2/c15-14(16,17)8-21-13-10(9-4-2-1-3-5-9)6-7-11(19-13)12(18)20/h6-7,9H,1-5,8H2,(H2,18,20). The second-order valence-electron chi connectivity index (χ2n) is 5.19. The van der Waals surface area contributed by atoms with Gasteiger partial charge in [-0.2, -0.15) is 13.2 Å². The van der Waals surface area contributed by atoms with Gasteiger partial charge < -0.3 is 10.5 Å². The van der Waals surface area contributed by atoms with Crippen LogP contribution in [0.4, 0.5) is 13.2 Å². The van der Waals surface area contributed by atoms with Crippen molar-refractivity contribution in [3.63, 3.8) is 0 Å². The number of rotatable bonds is 4. The zero-order chi connectivity index (χ0) is 15.5. The fraction of sp³-hybridized carbons (Fsp3) is 0.571. The molecule has 1 saturated carbocycles. The SMILES string of the molecule is NC(=O)c1ccc(C2CCCCC2)c(OCC(F)(F)F)n1. The minimum absolute atomic E-state index is 0.0910. The Bertz CT molecular complexity index is 511. The van der Waals surface area contributed by atoms with Crippen LogP contribution in [-0.2, 0) is 0 Å². The summed E-state index contributed by atoms with van der Waals surface area (Å²) in [6.45, 7) is -1.43. The molecule has 2 rings (SSSR count). The van der Waals surface area contributed by atoms with Gasteiger partial charge in [0.1, 0.15) is 5.69 Å². The first-order valence-electron chi connectivity index (χ1n) is 6.87. The molecule has 0 radical (unpaired) electrons. The molecule has 0 atom stereocenters. The van der Waals surface area contributed by atoms with Gasteiger partial charge in [-0.1, -0.05) is 25.3 Å². The third-order valence-electron chi connectivity index (χ3n) is 3.56. The topological polar surface area (TPSA) is 65.2 Å². The number of hydrogen-bond acceptors (Lipinski definition) is 3. The lowest BCUT2D eigenvalue weighted by Gasteiger charge is -2.24. The molecule has 0 aliphatic heterocycles. The number of carbonyl (C=O) groups is 1. The molecule has 1 heterocycles. The Kier molecular flexibility index (Phi) is 4.69. The van der Waals surface area contributed by atoms with Crippen LogP contribution in [0.5, 0.6) is 5.88 Å². The van der Waals surface area contributed by atoms with E-state index < -0.39 is 18.7 Å². The third kappa shape index (κ3) is 4.34. The number of nitrogens with two attached hydrogens (primary N) is 1. The molecule has 1 aliphatic rings. The van der Waals surface area contributed by atoms with Crippen LogP contribution in [-0.4, -0.2) is 23.7 Å². The first-order chi connectivity index (χ1) is 9.87. The lowest BCUT2D eigenvalue weighted by Crippen LogP contribution is -2.22. The minimum Gasteiger partial charge on any atom is -0.468 e. The van der Waals surface area contributed by atoms with Crippen LogP contribution < -0.4 is 10.5 Å². The highest BCUT2D eigenvalue weighted by Crippen LogP contribution is 2.37. The van der Waals surface area contributed by atoms with Crippen molar-refractivity contribution in [3.8, 4) is 5.88 Å². The molecule has 0 saturated heterocycles. The quantitative estimate of drug-likeness (QED) is 0.929. The van der Waals surface area contributed by atoms with E-state index in [9.17, 15) is 18.0 Å². The van der Waals surface area contributed by atoms with Gasteiger partial charge in [0.25, 0.3) is 5.91 Å². The number of primary amides is 1. The van der Waals surface area contributed by atoms with Crippen molar-refractivity contribution < 1.29 is 22.7 Å². The number of nitrogens with zero attached hydrogens (tertiary/aromatic N) is 1. The van der Waals surface area contributed by atoms with E-state index in [1.54, 1.807) is 6.07 Å². The highest BCUT2D eigenvalue weighted by Gasteiger charge is 2.30. The molecule has 0 unspecified atom stereocenters.